The zero-order chi connectivity index (χ0) is 32.4. The van der Waals surface area contributed by atoms with E-state index in [9.17, 15) is 9.59 Å². The van der Waals surface area contributed by atoms with Crippen LogP contribution in [0.15, 0.2) is 18.2 Å². The van der Waals surface area contributed by atoms with E-state index >= 15 is 0 Å². The molecule has 43 heavy (non-hydrogen) atoms. The summed E-state index contributed by atoms with van der Waals surface area (Å²) in [4.78, 5) is 25.9. The molecule has 1 unspecified atom stereocenters. The number of hydrogen-bond acceptors (Lipinski definition) is 11. The molecule has 1 fully saturated rings. The van der Waals surface area contributed by atoms with Crippen LogP contribution in [0.25, 0.3) is 6.08 Å². The fraction of sp³-hybridized carbons (Fsp3) is 0.677. The summed E-state index contributed by atoms with van der Waals surface area (Å²) in [7, 11) is 3.09. The van der Waals surface area contributed by atoms with Gasteiger partial charge >= 0.3 is 11.9 Å². The lowest BCUT2D eigenvalue weighted by Crippen LogP contribution is -2.40. The van der Waals surface area contributed by atoms with Gasteiger partial charge in [-0.1, -0.05) is 31.8 Å². The minimum absolute atomic E-state index is 0.0340. The predicted octanol–water partition coefficient (Wildman–Crippen LogP) is 5.28. The molecule has 0 aliphatic carbocycles. The second-order valence-corrected chi connectivity index (χ2v) is 18.6. The topological polar surface area (TPSA) is 117 Å². The minimum atomic E-state index is -1.44. The van der Waals surface area contributed by atoms with Gasteiger partial charge in [0.15, 0.2) is 12.6 Å². The molecule has 0 saturated carbocycles. The molecule has 12 heteroatoms. The van der Waals surface area contributed by atoms with Gasteiger partial charge in [-0.3, -0.25) is 4.79 Å². The summed E-state index contributed by atoms with van der Waals surface area (Å²) in [5.41, 5.74) is 0.0175. The highest BCUT2D eigenvalue weighted by molar-refractivity contribution is 6.76. The van der Waals surface area contributed by atoms with Crippen molar-refractivity contribution >= 4 is 26.1 Å². The Morgan fingerprint density at radius 3 is 2.28 bits per heavy atom. The Bertz CT molecular complexity index is 1090. The lowest BCUT2D eigenvalue weighted by Gasteiger charge is -2.25. The van der Waals surface area contributed by atoms with Crippen molar-refractivity contribution in [2.75, 3.05) is 48.1 Å². The first-order valence-electron chi connectivity index (χ1n) is 14.3. The van der Waals surface area contributed by atoms with Crippen molar-refractivity contribution in [3.63, 3.8) is 0 Å². The molecule has 1 aromatic carbocycles. The number of ether oxygens (including phenoxy) is 9. The quantitative estimate of drug-likeness (QED) is 0.135. The van der Waals surface area contributed by atoms with Crippen LogP contribution in [0.5, 0.6) is 11.5 Å². The number of hydrogen-bond donors (Lipinski definition) is 0. The summed E-state index contributed by atoms with van der Waals surface area (Å²) in [6.45, 7) is 15.7. The van der Waals surface area contributed by atoms with Crippen LogP contribution in [-0.4, -0.2) is 92.2 Å². The normalized spacial score (nSPS) is 19.3. The van der Waals surface area contributed by atoms with E-state index in [0.29, 0.717) is 17.9 Å². The van der Waals surface area contributed by atoms with Gasteiger partial charge in [0.2, 0.25) is 0 Å². The average molecular weight is 627 g/mol. The molecule has 244 valence electrons. The van der Waals surface area contributed by atoms with Gasteiger partial charge in [-0.2, -0.15) is 0 Å². The molecule has 0 radical (unpaired) electrons. The number of rotatable bonds is 16. The standard InChI is InChI=1S/C31H50O11Si/c1-30(2,3)29(33)38-18-25-27(42-31(4,5)41-25)23(39-19-34-6)13-12-21-16-22(36-8)17-24(40-20-35-7)26(21)28(32)37-14-15-43(9,10)11/h12-13,16-17,23,25,27H,14-15,18-20H2,1-11H3/t23?,25-,27+/m1/s1. The van der Waals surface area contributed by atoms with Gasteiger partial charge in [0, 0.05) is 28.4 Å². The zero-order valence-corrected chi connectivity index (χ0v) is 28.6. The summed E-state index contributed by atoms with van der Waals surface area (Å²) in [5, 5.41) is 0. The maximum absolute atomic E-state index is 13.4. The van der Waals surface area contributed by atoms with Gasteiger partial charge in [-0.25, -0.2) is 4.79 Å². The second kappa shape index (κ2) is 16.0. The molecule has 0 bridgehead atoms. The van der Waals surface area contributed by atoms with Crippen LogP contribution >= 0.6 is 0 Å². The van der Waals surface area contributed by atoms with Crippen molar-refractivity contribution < 1.29 is 52.2 Å². The lowest BCUT2D eigenvalue weighted by molar-refractivity contribution is -0.168. The third-order valence-corrected chi connectivity index (χ3v) is 8.05. The fourth-order valence-electron chi connectivity index (χ4n) is 4.09. The van der Waals surface area contributed by atoms with Gasteiger partial charge < -0.3 is 42.6 Å². The van der Waals surface area contributed by atoms with E-state index in [1.54, 1.807) is 58.9 Å². The Labute approximate surface area is 257 Å². The summed E-state index contributed by atoms with van der Waals surface area (Å²) in [5.74, 6) is -1.14. The molecule has 0 spiro atoms. The molecular weight excluding hydrogens is 576 g/mol. The monoisotopic (exact) mass is 626 g/mol. The molecule has 0 aromatic heterocycles. The number of carbonyl (C=O) groups excluding carboxylic acids is 2. The number of carbonyl (C=O) groups is 2. The van der Waals surface area contributed by atoms with Crippen LogP contribution in [-0.2, 0) is 38.0 Å². The SMILES string of the molecule is COCOc1cc(OC)cc(C=CC(OCOC)[C@@H]2OC(C)(C)O[C@@H]2COC(=O)C(C)(C)C)c1C(=O)OCC[Si](C)(C)C. The first kappa shape index (κ1) is 36.7. The zero-order valence-electron chi connectivity index (χ0n) is 27.6. The van der Waals surface area contributed by atoms with E-state index in [0.717, 1.165) is 6.04 Å². The third-order valence-electron chi connectivity index (χ3n) is 6.34. The van der Waals surface area contributed by atoms with Crippen LogP contribution in [0, 0.1) is 5.41 Å². The average Bonchev–Trinajstić information content (AvgIpc) is 3.22. The molecule has 1 saturated heterocycles. The first-order chi connectivity index (χ1) is 20.0. The van der Waals surface area contributed by atoms with Crippen molar-refractivity contribution in [3.8, 4) is 11.5 Å². The Morgan fingerprint density at radius 2 is 1.70 bits per heavy atom. The molecular formula is C31H50O11Si. The van der Waals surface area contributed by atoms with Crippen molar-refractivity contribution in [1.82, 2.24) is 0 Å². The van der Waals surface area contributed by atoms with Crippen molar-refractivity contribution in [2.45, 2.75) is 84.4 Å². The summed E-state index contributed by atoms with van der Waals surface area (Å²) in [6.07, 6.45) is 1.43. The van der Waals surface area contributed by atoms with Gasteiger partial charge in [0.25, 0.3) is 0 Å². The van der Waals surface area contributed by atoms with Gasteiger partial charge in [0.05, 0.1) is 19.1 Å². The molecule has 1 aliphatic heterocycles. The maximum Gasteiger partial charge on any atom is 0.342 e. The minimum Gasteiger partial charge on any atom is -0.497 e. The predicted molar refractivity (Wildman–Crippen MR) is 164 cm³/mol. The van der Waals surface area contributed by atoms with Crippen LogP contribution in [0.2, 0.25) is 25.7 Å². The molecule has 11 nitrogen and oxygen atoms in total. The van der Waals surface area contributed by atoms with Crippen LogP contribution in [0.1, 0.15) is 50.5 Å². The van der Waals surface area contributed by atoms with E-state index in [2.05, 4.69) is 19.6 Å². The van der Waals surface area contributed by atoms with Gasteiger partial charge in [0.1, 0.15) is 48.8 Å². The molecule has 3 atom stereocenters. The Hall–Kier alpha value is -2.48. The van der Waals surface area contributed by atoms with Crippen LogP contribution < -0.4 is 9.47 Å². The van der Waals surface area contributed by atoms with E-state index < -0.39 is 43.6 Å². The highest BCUT2D eigenvalue weighted by Gasteiger charge is 2.46. The smallest absolute Gasteiger partial charge is 0.342 e. The molecule has 0 amide bonds. The number of methoxy groups -OCH3 is 3. The first-order valence-corrected chi connectivity index (χ1v) is 18.0. The largest absolute Gasteiger partial charge is 0.497 e. The van der Waals surface area contributed by atoms with E-state index in [4.69, 9.17) is 42.6 Å². The Kier molecular flexibility index (Phi) is 13.7. The van der Waals surface area contributed by atoms with Gasteiger partial charge in [-0.15, -0.1) is 0 Å². The summed E-state index contributed by atoms with van der Waals surface area (Å²) < 4.78 is 51.1. The number of benzene rings is 1. The fourth-order valence-corrected chi connectivity index (χ4v) is 4.80. The van der Waals surface area contributed by atoms with Crippen molar-refractivity contribution in [3.05, 3.63) is 29.3 Å². The summed E-state index contributed by atoms with van der Waals surface area (Å²) in [6, 6.07) is 4.13. The maximum atomic E-state index is 13.4. The van der Waals surface area contributed by atoms with E-state index in [-0.39, 0.29) is 37.5 Å². The molecule has 2 rings (SSSR count). The highest BCUT2D eigenvalue weighted by atomic mass is 28.3. The van der Waals surface area contributed by atoms with Crippen LogP contribution in [0.3, 0.4) is 0 Å². The molecule has 1 aromatic rings. The summed E-state index contributed by atoms with van der Waals surface area (Å²) >= 11 is 0. The number of esters is 2. The third kappa shape index (κ3) is 11.8. The Morgan fingerprint density at radius 1 is 1.02 bits per heavy atom. The second-order valence-electron chi connectivity index (χ2n) is 13.0. The van der Waals surface area contributed by atoms with Gasteiger partial charge in [-0.05, 0) is 52.3 Å². The molecule has 1 aliphatic rings. The van der Waals surface area contributed by atoms with E-state index in [1.165, 1.54) is 21.3 Å². The highest BCUT2D eigenvalue weighted by Crippen LogP contribution is 2.34. The lowest BCUT2D eigenvalue weighted by atomic mass is 9.97. The molecule has 0 N–H and O–H groups in total. The van der Waals surface area contributed by atoms with E-state index in [1.807, 2.05) is 0 Å². The van der Waals surface area contributed by atoms with Crippen molar-refractivity contribution in [1.29, 1.82) is 0 Å². The van der Waals surface area contributed by atoms with Crippen molar-refractivity contribution in [2.24, 2.45) is 5.41 Å². The Balaban J connectivity index is 2.48. The molecule has 1 heterocycles. The van der Waals surface area contributed by atoms with Crippen LogP contribution in [0.4, 0.5) is 0 Å².